The van der Waals surface area contributed by atoms with Gasteiger partial charge in [0.2, 0.25) is 5.91 Å². The van der Waals surface area contributed by atoms with E-state index in [1.54, 1.807) is 23.5 Å². The van der Waals surface area contributed by atoms with E-state index in [4.69, 9.17) is 0 Å². The van der Waals surface area contributed by atoms with Crippen molar-refractivity contribution in [1.29, 1.82) is 0 Å². The zero-order valence-corrected chi connectivity index (χ0v) is 15.4. The Morgan fingerprint density at radius 3 is 2.58 bits per heavy atom. The van der Waals surface area contributed by atoms with Crippen LogP contribution in [0, 0.1) is 5.82 Å². The van der Waals surface area contributed by atoms with Crippen molar-refractivity contribution in [1.82, 2.24) is 5.32 Å². The maximum atomic E-state index is 13.2. The molecule has 1 amide bonds. The molecule has 0 aliphatic rings. The third-order valence-electron chi connectivity index (χ3n) is 4.12. The van der Waals surface area contributed by atoms with Crippen molar-refractivity contribution in [2.24, 2.45) is 0 Å². The number of aryl methyl sites for hydroxylation is 1. The van der Waals surface area contributed by atoms with Gasteiger partial charge in [-0.2, -0.15) is 0 Å². The Labute approximate surface area is 156 Å². The second kappa shape index (κ2) is 8.74. The topological polar surface area (TPSA) is 41.1 Å². The molecule has 1 aromatic heterocycles. The van der Waals surface area contributed by atoms with E-state index >= 15 is 0 Å². The molecule has 0 saturated heterocycles. The Morgan fingerprint density at radius 1 is 1.12 bits per heavy atom. The molecule has 0 fully saturated rings. The van der Waals surface area contributed by atoms with Gasteiger partial charge in [0, 0.05) is 10.6 Å². The van der Waals surface area contributed by atoms with Crippen LogP contribution in [0.1, 0.15) is 29.0 Å². The molecule has 1 atom stereocenters. The first-order chi connectivity index (χ1) is 12.7. The number of amides is 1. The average molecular weight is 368 g/mol. The minimum absolute atomic E-state index is 0.0563. The number of anilines is 1. The summed E-state index contributed by atoms with van der Waals surface area (Å²) in [6.45, 7) is 2.26. The summed E-state index contributed by atoms with van der Waals surface area (Å²) < 4.78 is 13.2. The molecule has 134 valence electrons. The number of benzene rings is 2. The number of rotatable bonds is 7. The van der Waals surface area contributed by atoms with Gasteiger partial charge in [0.1, 0.15) is 5.82 Å². The largest absolute Gasteiger partial charge is 0.325 e. The molecule has 2 N–H and O–H groups in total. The van der Waals surface area contributed by atoms with Gasteiger partial charge in [-0.3, -0.25) is 10.1 Å². The second-order valence-corrected chi connectivity index (χ2v) is 6.96. The summed E-state index contributed by atoms with van der Waals surface area (Å²) in [4.78, 5) is 13.4. The standard InChI is InChI=1S/C21H21FN2OS/c1-2-15-8-10-16(11-9-15)21(19-7-4-12-26-19)23-14-20(25)24-18-6-3-5-17(22)13-18/h3-13,21,23H,2,14H2,1H3,(H,24,25)/t21-/m1/s1. The highest BCUT2D eigenvalue weighted by molar-refractivity contribution is 7.10. The van der Waals surface area contributed by atoms with Crippen LogP contribution >= 0.6 is 11.3 Å². The Hall–Kier alpha value is -2.50. The third-order valence-corrected chi connectivity index (χ3v) is 5.06. The monoisotopic (exact) mass is 368 g/mol. The van der Waals surface area contributed by atoms with Gasteiger partial charge < -0.3 is 5.32 Å². The van der Waals surface area contributed by atoms with Crippen molar-refractivity contribution in [3.8, 4) is 0 Å². The SMILES string of the molecule is CCc1ccc([C@@H](NCC(=O)Nc2cccc(F)c2)c2cccs2)cc1. The fourth-order valence-corrected chi connectivity index (χ4v) is 3.58. The van der Waals surface area contributed by atoms with E-state index in [9.17, 15) is 9.18 Å². The van der Waals surface area contributed by atoms with Crippen LogP contribution in [0.3, 0.4) is 0 Å². The van der Waals surface area contributed by atoms with Crippen LogP contribution in [0.4, 0.5) is 10.1 Å². The number of thiophene rings is 1. The highest BCUT2D eigenvalue weighted by atomic mass is 32.1. The Bertz CT molecular complexity index is 847. The van der Waals surface area contributed by atoms with Gasteiger partial charge in [0.25, 0.3) is 0 Å². The minimum Gasteiger partial charge on any atom is -0.325 e. The first-order valence-corrected chi connectivity index (χ1v) is 9.44. The van der Waals surface area contributed by atoms with Crippen molar-refractivity contribution < 1.29 is 9.18 Å². The summed E-state index contributed by atoms with van der Waals surface area (Å²) in [6, 6.07) is 18.3. The molecule has 26 heavy (non-hydrogen) atoms. The molecule has 3 nitrogen and oxygen atoms in total. The lowest BCUT2D eigenvalue weighted by atomic mass is 10.0. The summed E-state index contributed by atoms with van der Waals surface area (Å²) in [5.41, 5.74) is 2.85. The molecule has 2 aromatic carbocycles. The highest BCUT2D eigenvalue weighted by Gasteiger charge is 2.16. The number of halogens is 1. The van der Waals surface area contributed by atoms with Crippen LogP contribution in [-0.2, 0) is 11.2 Å². The number of hydrogen-bond acceptors (Lipinski definition) is 3. The quantitative estimate of drug-likeness (QED) is 0.631. The van der Waals surface area contributed by atoms with E-state index < -0.39 is 0 Å². The molecule has 0 saturated carbocycles. The Morgan fingerprint density at radius 2 is 1.92 bits per heavy atom. The van der Waals surface area contributed by atoms with Crippen LogP contribution in [0.5, 0.6) is 0 Å². The highest BCUT2D eigenvalue weighted by Crippen LogP contribution is 2.26. The molecule has 0 unspecified atom stereocenters. The summed E-state index contributed by atoms with van der Waals surface area (Å²) in [5.74, 6) is -0.578. The zero-order valence-electron chi connectivity index (χ0n) is 14.5. The van der Waals surface area contributed by atoms with Crippen molar-refractivity contribution in [2.75, 3.05) is 11.9 Å². The molecular formula is C21H21FN2OS. The van der Waals surface area contributed by atoms with Gasteiger partial charge in [-0.05, 0) is 47.2 Å². The molecule has 0 aliphatic heterocycles. The van der Waals surface area contributed by atoms with E-state index in [-0.39, 0.29) is 24.3 Å². The summed E-state index contributed by atoms with van der Waals surface area (Å²) in [5, 5.41) is 8.06. The lowest BCUT2D eigenvalue weighted by Crippen LogP contribution is -2.31. The van der Waals surface area contributed by atoms with Crippen LogP contribution < -0.4 is 10.6 Å². The van der Waals surface area contributed by atoms with E-state index in [0.717, 1.165) is 16.9 Å². The first-order valence-electron chi connectivity index (χ1n) is 8.56. The molecule has 1 heterocycles. The van der Waals surface area contributed by atoms with Gasteiger partial charge in [-0.15, -0.1) is 11.3 Å². The minimum atomic E-state index is -0.372. The maximum absolute atomic E-state index is 13.2. The molecule has 5 heteroatoms. The van der Waals surface area contributed by atoms with Crippen molar-refractivity contribution >= 4 is 22.9 Å². The zero-order chi connectivity index (χ0) is 18.4. The van der Waals surface area contributed by atoms with Gasteiger partial charge in [-0.25, -0.2) is 4.39 Å². The van der Waals surface area contributed by atoms with Crippen LogP contribution in [0.15, 0.2) is 66.0 Å². The summed E-state index contributed by atoms with van der Waals surface area (Å²) >= 11 is 1.65. The second-order valence-electron chi connectivity index (χ2n) is 5.98. The molecule has 3 aromatic rings. The van der Waals surface area contributed by atoms with Crippen LogP contribution in [0.2, 0.25) is 0 Å². The molecule has 0 bridgehead atoms. The van der Waals surface area contributed by atoms with Crippen LogP contribution in [0.25, 0.3) is 0 Å². The molecular weight excluding hydrogens is 347 g/mol. The predicted molar refractivity (Wildman–Crippen MR) is 105 cm³/mol. The van der Waals surface area contributed by atoms with Gasteiger partial charge >= 0.3 is 0 Å². The lowest BCUT2D eigenvalue weighted by Gasteiger charge is -2.18. The molecule has 0 radical (unpaired) electrons. The van der Waals surface area contributed by atoms with E-state index in [0.29, 0.717) is 5.69 Å². The molecule has 0 spiro atoms. The van der Waals surface area contributed by atoms with Gasteiger partial charge in [0.15, 0.2) is 0 Å². The molecule has 3 rings (SSSR count). The summed E-state index contributed by atoms with van der Waals surface area (Å²) in [7, 11) is 0. The van der Waals surface area contributed by atoms with E-state index in [2.05, 4.69) is 47.9 Å². The van der Waals surface area contributed by atoms with E-state index in [1.807, 2.05) is 11.4 Å². The van der Waals surface area contributed by atoms with E-state index in [1.165, 1.54) is 17.7 Å². The smallest absolute Gasteiger partial charge is 0.238 e. The van der Waals surface area contributed by atoms with Crippen molar-refractivity contribution in [2.45, 2.75) is 19.4 Å². The van der Waals surface area contributed by atoms with Crippen molar-refractivity contribution in [3.63, 3.8) is 0 Å². The number of carbonyl (C=O) groups excluding carboxylic acids is 1. The number of hydrogen-bond donors (Lipinski definition) is 2. The summed E-state index contributed by atoms with van der Waals surface area (Å²) in [6.07, 6.45) is 0.993. The number of nitrogens with one attached hydrogen (secondary N) is 2. The number of carbonyl (C=O) groups is 1. The fourth-order valence-electron chi connectivity index (χ4n) is 2.75. The molecule has 0 aliphatic carbocycles. The normalized spacial score (nSPS) is 11.9. The van der Waals surface area contributed by atoms with Crippen molar-refractivity contribution in [3.05, 3.63) is 87.9 Å². The van der Waals surface area contributed by atoms with Gasteiger partial charge in [-0.1, -0.05) is 43.3 Å². The van der Waals surface area contributed by atoms with Crippen LogP contribution in [-0.4, -0.2) is 12.5 Å². The first kappa shape index (κ1) is 18.3. The lowest BCUT2D eigenvalue weighted by molar-refractivity contribution is -0.115. The average Bonchev–Trinajstić information content (AvgIpc) is 3.17. The predicted octanol–water partition coefficient (Wildman–Crippen LogP) is 4.77. The Kier molecular flexibility index (Phi) is 6.15. The van der Waals surface area contributed by atoms with Gasteiger partial charge in [0.05, 0.1) is 12.6 Å². The fraction of sp³-hybridized carbons (Fsp3) is 0.190. The Balaban J connectivity index is 1.69. The maximum Gasteiger partial charge on any atom is 0.238 e. The third kappa shape index (κ3) is 4.77.